The summed E-state index contributed by atoms with van der Waals surface area (Å²) in [5, 5.41) is 5.09. The van der Waals surface area contributed by atoms with E-state index in [9.17, 15) is 18.0 Å². The molecule has 166 valence electrons. The summed E-state index contributed by atoms with van der Waals surface area (Å²) in [6.45, 7) is 1.39. The molecule has 0 aromatic heterocycles. The first kappa shape index (κ1) is 22.8. The second-order valence-corrected chi connectivity index (χ2v) is 9.24. The summed E-state index contributed by atoms with van der Waals surface area (Å²) in [5.41, 5.74) is 1.36. The van der Waals surface area contributed by atoms with Crippen LogP contribution < -0.4 is 15.4 Å². The molecule has 1 fully saturated rings. The van der Waals surface area contributed by atoms with Crippen molar-refractivity contribution >= 4 is 27.5 Å². The third-order valence-electron chi connectivity index (χ3n) is 5.13. The van der Waals surface area contributed by atoms with Gasteiger partial charge in [0.25, 0.3) is 0 Å². The monoisotopic (exact) mass is 445 g/mol. The van der Waals surface area contributed by atoms with Gasteiger partial charge in [-0.15, -0.1) is 0 Å². The largest absolute Gasteiger partial charge is 0.497 e. The molecule has 1 aliphatic rings. The highest BCUT2D eigenvalue weighted by atomic mass is 32.2. The molecule has 0 saturated carbocycles. The van der Waals surface area contributed by atoms with E-state index in [1.165, 1.54) is 4.31 Å². The Bertz CT molecular complexity index is 998. The van der Waals surface area contributed by atoms with Crippen LogP contribution in [0.1, 0.15) is 24.8 Å². The van der Waals surface area contributed by atoms with Gasteiger partial charge in [0.05, 0.1) is 12.0 Å². The molecule has 1 saturated heterocycles. The zero-order valence-corrected chi connectivity index (χ0v) is 18.3. The van der Waals surface area contributed by atoms with Gasteiger partial charge >= 0.3 is 11.8 Å². The smallest absolute Gasteiger partial charge is 0.313 e. The molecule has 1 aliphatic heterocycles. The topological polar surface area (TPSA) is 105 Å². The SMILES string of the molecule is COc1ccc(NC(=O)C(=O)NCCc2ccc(S(=O)(=O)N3CCCCC3)cc2)cc1. The Morgan fingerprint density at radius 3 is 2.19 bits per heavy atom. The van der Waals surface area contributed by atoms with Gasteiger partial charge in [0.2, 0.25) is 10.0 Å². The van der Waals surface area contributed by atoms with Crippen LogP contribution in [0.15, 0.2) is 53.4 Å². The summed E-state index contributed by atoms with van der Waals surface area (Å²) in [7, 11) is -1.91. The zero-order chi connectivity index (χ0) is 22.3. The van der Waals surface area contributed by atoms with Gasteiger partial charge in [0, 0.05) is 25.3 Å². The summed E-state index contributed by atoms with van der Waals surface area (Å²) < 4.78 is 31.9. The molecule has 0 unspecified atom stereocenters. The first-order valence-electron chi connectivity index (χ1n) is 10.2. The van der Waals surface area contributed by atoms with Crippen LogP contribution in [0.25, 0.3) is 0 Å². The number of hydrogen-bond acceptors (Lipinski definition) is 5. The van der Waals surface area contributed by atoms with Crippen molar-refractivity contribution in [2.24, 2.45) is 0 Å². The number of piperidine rings is 1. The van der Waals surface area contributed by atoms with E-state index in [-0.39, 0.29) is 11.4 Å². The van der Waals surface area contributed by atoms with Crippen LogP contribution in [0, 0.1) is 0 Å². The quantitative estimate of drug-likeness (QED) is 0.636. The number of hydrogen-bond donors (Lipinski definition) is 2. The standard InChI is InChI=1S/C22H27N3O5S/c1-30-19-9-7-18(8-10-19)24-22(27)21(26)23-14-13-17-5-11-20(12-6-17)31(28,29)25-15-3-2-4-16-25/h5-12H,2-4,13-16H2,1H3,(H,23,26)(H,24,27). The lowest BCUT2D eigenvalue weighted by molar-refractivity contribution is -0.136. The van der Waals surface area contributed by atoms with Gasteiger partial charge in [-0.05, 0) is 61.2 Å². The molecule has 0 bridgehead atoms. The first-order valence-corrected chi connectivity index (χ1v) is 11.7. The van der Waals surface area contributed by atoms with Crippen LogP contribution in [0.5, 0.6) is 5.75 Å². The molecule has 3 rings (SSSR count). The van der Waals surface area contributed by atoms with Crippen molar-refractivity contribution in [2.45, 2.75) is 30.6 Å². The number of ether oxygens (including phenoxy) is 1. The number of amides is 2. The second-order valence-electron chi connectivity index (χ2n) is 7.30. The molecule has 2 N–H and O–H groups in total. The second kappa shape index (κ2) is 10.4. The number of anilines is 1. The number of methoxy groups -OCH3 is 1. The average molecular weight is 446 g/mol. The van der Waals surface area contributed by atoms with Crippen molar-refractivity contribution in [3.05, 3.63) is 54.1 Å². The highest BCUT2D eigenvalue weighted by Crippen LogP contribution is 2.21. The number of benzene rings is 2. The molecule has 0 spiro atoms. The molecule has 0 radical (unpaired) electrons. The fourth-order valence-electron chi connectivity index (χ4n) is 3.35. The predicted octanol–water partition coefficient (Wildman–Crippen LogP) is 2.17. The van der Waals surface area contributed by atoms with E-state index in [4.69, 9.17) is 4.74 Å². The molecule has 9 heteroatoms. The van der Waals surface area contributed by atoms with E-state index in [0.717, 1.165) is 24.8 Å². The van der Waals surface area contributed by atoms with Crippen molar-refractivity contribution in [2.75, 3.05) is 32.1 Å². The normalized spacial score (nSPS) is 14.6. The summed E-state index contributed by atoms with van der Waals surface area (Å²) in [6.07, 6.45) is 3.33. The lowest BCUT2D eigenvalue weighted by Gasteiger charge is -2.25. The average Bonchev–Trinajstić information content (AvgIpc) is 2.80. The van der Waals surface area contributed by atoms with Crippen molar-refractivity contribution in [3.63, 3.8) is 0 Å². The van der Waals surface area contributed by atoms with Gasteiger partial charge in [-0.1, -0.05) is 18.6 Å². The number of nitrogens with zero attached hydrogens (tertiary/aromatic N) is 1. The molecule has 0 aliphatic carbocycles. The van der Waals surface area contributed by atoms with E-state index in [0.29, 0.717) is 30.9 Å². The molecule has 2 aromatic carbocycles. The van der Waals surface area contributed by atoms with Crippen molar-refractivity contribution < 1.29 is 22.7 Å². The van der Waals surface area contributed by atoms with Gasteiger partial charge in [-0.3, -0.25) is 9.59 Å². The lowest BCUT2D eigenvalue weighted by Crippen LogP contribution is -2.36. The van der Waals surface area contributed by atoms with Gasteiger partial charge < -0.3 is 15.4 Å². The Hall–Kier alpha value is -2.91. The molecular formula is C22H27N3O5S. The molecule has 31 heavy (non-hydrogen) atoms. The van der Waals surface area contributed by atoms with Crippen LogP contribution in [0.2, 0.25) is 0 Å². The maximum absolute atomic E-state index is 12.7. The number of sulfonamides is 1. The Labute approximate surface area is 182 Å². The molecular weight excluding hydrogens is 418 g/mol. The van der Waals surface area contributed by atoms with E-state index >= 15 is 0 Å². The van der Waals surface area contributed by atoms with E-state index in [1.54, 1.807) is 55.6 Å². The Morgan fingerprint density at radius 1 is 0.935 bits per heavy atom. The van der Waals surface area contributed by atoms with E-state index in [2.05, 4.69) is 10.6 Å². The van der Waals surface area contributed by atoms with Crippen LogP contribution in [-0.2, 0) is 26.0 Å². The molecule has 2 aromatic rings. The third-order valence-corrected chi connectivity index (χ3v) is 7.04. The Balaban J connectivity index is 1.47. The van der Waals surface area contributed by atoms with E-state index in [1.807, 2.05) is 0 Å². The minimum atomic E-state index is -3.46. The summed E-state index contributed by atoms with van der Waals surface area (Å²) in [6, 6.07) is 13.3. The summed E-state index contributed by atoms with van der Waals surface area (Å²) in [4.78, 5) is 24.3. The van der Waals surface area contributed by atoms with Crippen molar-refractivity contribution in [1.29, 1.82) is 0 Å². The molecule has 8 nitrogen and oxygen atoms in total. The minimum Gasteiger partial charge on any atom is -0.497 e. The summed E-state index contributed by atoms with van der Waals surface area (Å²) in [5.74, 6) is -0.842. The van der Waals surface area contributed by atoms with Crippen LogP contribution in [-0.4, -0.2) is 51.3 Å². The molecule has 1 heterocycles. The number of carbonyl (C=O) groups is 2. The van der Waals surface area contributed by atoms with Crippen LogP contribution in [0.3, 0.4) is 0 Å². The summed E-state index contributed by atoms with van der Waals surface area (Å²) >= 11 is 0. The fraction of sp³-hybridized carbons (Fsp3) is 0.364. The van der Waals surface area contributed by atoms with Crippen LogP contribution >= 0.6 is 0 Å². The maximum Gasteiger partial charge on any atom is 0.313 e. The third kappa shape index (κ3) is 6.05. The van der Waals surface area contributed by atoms with Crippen LogP contribution in [0.4, 0.5) is 5.69 Å². The molecule has 0 atom stereocenters. The van der Waals surface area contributed by atoms with Gasteiger partial charge in [-0.2, -0.15) is 4.31 Å². The van der Waals surface area contributed by atoms with Gasteiger partial charge in [0.15, 0.2) is 0 Å². The highest BCUT2D eigenvalue weighted by molar-refractivity contribution is 7.89. The number of nitrogens with one attached hydrogen (secondary N) is 2. The Morgan fingerprint density at radius 2 is 1.58 bits per heavy atom. The lowest BCUT2D eigenvalue weighted by atomic mass is 10.1. The number of rotatable bonds is 7. The Kier molecular flexibility index (Phi) is 7.64. The zero-order valence-electron chi connectivity index (χ0n) is 17.5. The maximum atomic E-state index is 12.7. The van der Waals surface area contributed by atoms with Crippen molar-refractivity contribution in [1.82, 2.24) is 9.62 Å². The fourth-order valence-corrected chi connectivity index (χ4v) is 4.86. The first-order chi connectivity index (χ1) is 14.9. The minimum absolute atomic E-state index is 0.257. The van der Waals surface area contributed by atoms with Crippen molar-refractivity contribution in [3.8, 4) is 5.75 Å². The predicted molar refractivity (Wildman–Crippen MR) is 117 cm³/mol. The van der Waals surface area contributed by atoms with Gasteiger partial charge in [-0.25, -0.2) is 8.42 Å². The molecule has 2 amide bonds. The van der Waals surface area contributed by atoms with E-state index < -0.39 is 21.8 Å². The number of carbonyl (C=O) groups excluding carboxylic acids is 2. The highest BCUT2D eigenvalue weighted by Gasteiger charge is 2.25. The van der Waals surface area contributed by atoms with Gasteiger partial charge in [0.1, 0.15) is 5.75 Å².